The van der Waals surface area contributed by atoms with E-state index in [9.17, 15) is 62.6 Å². The Morgan fingerprint density at radius 1 is 0.408 bits per heavy atom. The average Bonchev–Trinajstić information content (AvgIpc) is 3.05. The highest BCUT2D eigenvalue weighted by Crippen LogP contribution is 2.52. The number of hydrogen-bond acceptors (Lipinski definition) is 1. The fraction of sp³-hybridized carbons (Fsp3) is 0. The zero-order valence-corrected chi connectivity index (χ0v) is 23.7. The molecule has 0 aliphatic carbocycles. The van der Waals surface area contributed by atoms with Gasteiger partial charge in [0.2, 0.25) is 0 Å². The Morgan fingerprint density at radius 2 is 0.694 bits per heavy atom. The maximum atomic E-state index is 14.9. The molecule has 0 atom stereocenters. The maximum Gasteiger partial charge on any atom is 0.336 e. The first-order valence-electron chi connectivity index (χ1n) is 13.6. The van der Waals surface area contributed by atoms with Crippen molar-refractivity contribution in [3.63, 3.8) is 0 Å². The van der Waals surface area contributed by atoms with E-state index in [-0.39, 0.29) is 12.1 Å². The maximum absolute atomic E-state index is 14.9. The number of aromatic carboxylic acids is 1. The molecular weight excluding hydrogens is 680 g/mol. The van der Waals surface area contributed by atoms with E-state index in [1.807, 2.05) is 0 Å². The van der Waals surface area contributed by atoms with Gasteiger partial charge in [-0.25, -0.2) is 57.5 Å². The molecule has 6 aromatic rings. The average molecular weight is 692 g/mol. The molecule has 6 rings (SSSR count). The minimum Gasteiger partial charge on any atom is -0.478 e. The van der Waals surface area contributed by atoms with E-state index in [4.69, 9.17) is 0 Å². The lowest BCUT2D eigenvalue weighted by Gasteiger charge is -2.25. The molecule has 0 fully saturated rings. The number of carboxylic acids is 1. The lowest BCUT2D eigenvalue weighted by molar-refractivity contribution is 0.0699. The molecule has 0 aliphatic heterocycles. The van der Waals surface area contributed by atoms with Gasteiger partial charge in [-0.2, -0.15) is 0 Å². The van der Waals surface area contributed by atoms with E-state index in [1.165, 1.54) is 0 Å². The zero-order chi connectivity index (χ0) is 35.6. The van der Waals surface area contributed by atoms with Gasteiger partial charge in [0, 0.05) is 5.39 Å². The standard InChI is InChI=1S/C35H12F12O2/c36-18-4-12(5-19(37)31(18)44)26-16-2-1-3-17(35(48)49)30(16)29(15-10-24(42)34(47)25(43)11-15)28(14-8-22(40)33(46)23(41)9-14)27(26)13-6-20(38)32(45)21(39)7-13/h1-11H,(H,48,49). The van der Waals surface area contributed by atoms with Crippen molar-refractivity contribution in [2.24, 2.45) is 0 Å². The summed E-state index contributed by atoms with van der Waals surface area (Å²) in [7, 11) is 0. The Morgan fingerprint density at radius 3 is 1.02 bits per heavy atom. The van der Waals surface area contributed by atoms with Crippen molar-refractivity contribution >= 4 is 16.7 Å². The van der Waals surface area contributed by atoms with Crippen molar-refractivity contribution in [1.82, 2.24) is 0 Å². The number of hydrogen-bond donors (Lipinski definition) is 1. The first-order valence-corrected chi connectivity index (χ1v) is 13.6. The van der Waals surface area contributed by atoms with E-state index in [0.29, 0.717) is 36.4 Å². The van der Waals surface area contributed by atoms with Gasteiger partial charge in [0.25, 0.3) is 0 Å². The van der Waals surface area contributed by atoms with E-state index < -0.39 is 137 Å². The fourth-order valence-electron chi connectivity index (χ4n) is 5.68. The number of benzene rings is 6. The molecule has 14 heteroatoms. The molecule has 0 unspecified atom stereocenters. The highest BCUT2D eigenvalue weighted by molar-refractivity contribution is 6.22. The second kappa shape index (κ2) is 12.0. The van der Waals surface area contributed by atoms with Crippen molar-refractivity contribution in [1.29, 1.82) is 0 Å². The van der Waals surface area contributed by atoms with Crippen LogP contribution in [0.15, 0.2) is 66.7 Å². The normalized spacial score (nSPS) is 11.4. The molecule has 248 valence electrons. The molecule has 0 aromatic heterocycles. The summed E-state index contributed by atoms with van der Waals surface area (Å²) < 4.78 is 175. The van der Waals surface area contributed by atoms with Crippen LogP contribution in [0.4, 0.5) is 52.7 Å². The molecule has 0 aliphatic rings. The minimum absolute atomic E-state index is 0.290. The van der Waals surface area contributed by atoms with Crippen molar-refractivity contribution in [2.75, 3.05) is 0 Å². The summed E-state index contributed by atoms with van der Waals surface area (Å²) in [6.07, 6.45) is 0. The van der Waals surface area contributed by atoms with E-state index in [2.05, 4.69) is 0 Å². The van der Waals surface area contributed by atoms with Crippen LogP contribution in [0.25, 0.3) is 55.3 Å². The Balaban J connectivity index is 2.03. The predicted molar refractivity (Wildman–Crippen MR) is 152 cm³/mol. The number of fused-ring (bicyclic) bond motifs is 1. The van der Waals surface area contributed by atoms with E-state index in [0.717, 1.165) is 18.2 Å². The largest absolute Gasteiger partial charge is 0.478 e. The number of halogens is 12. The Hall–Kier alpha value is -5.79. The van der Waals surface area contributed by atoms with Crippen LogP contribution >= 0.6 is 0 Å². The third-order valence-corrected chi connectivity index (χ3v) is 7.65. The topological polar surface area (TPSA) is 37.3 Å². The van der Waals surface area contributed by atoms with Gasteiger partial charge in [-0.05, 0) is 104 Å². The first kappa shape index (κ1) is 33.1. The Labute approximate surface area is 266 Å². The third kappa shape index (κ3) is 5.42. The van der Waals surface area contributed by atoms with Crippen molar-refractivity contribution in [2.45, 2.75) is 0 Å². The SMILES string of the molecule is O=C(O)c1cccc2c(-c3cc(F)c(F)c(F)c3)c(-c3cc(F)c(F)c(F)c3)c(-c3cc(F)c(F)c(F)c3)c(-c3cc(F)c(F)c(F)c3)c12. The monoisotopic (exact) mass is 692 g/mol. The third-order valence-electron chi connectivity index (χ3n) is 7.65. The molecule has 2 nitrogen and oxygen atoms in total. The highest BCUT2D eigenvalue weighted by atomic mass is 19.2. The quantitative estimate of drug-likeness (QED) is 0.144. The van der Waals surface area contributed by atoms with Crippen LogP contribution in [0.3, 0.4) is 0 Å². The summed E-state index contributed by atoms with van der Waals surface area (Å²) in [6.45, 7) is 0. The van der Waals surface area contributed by atoms with Gasteiger partial charge < -0.3 is 5.11 Å². The van der Waals surface area contributed by atoms with Gasteiger partial charge >= 0.3 is 5.97 Å². The van der Waals surface area contributed by atoms with Crippen molar-refractivity contribution < 1.29 is 62.6 Å². The second-order valence-electron chi connectivity index (χ2n) is 10.5. The fourth-order valence-corrected chi connectivity index (χ4v) is 5.68. The molecule has 6 aromatic carbocycles. The summed E-state index contributed by atoms with van der Waals surface area (Å²) in [5.41, 5.74) is -6.78. The van der Waals surface area contributed by atoms with E-state index in [1.54, 1.807) is 0 Å². The summed E-state index contributed by atoms with van der Waals surface area (Å²) >= 11 is 0. The molecule has 0 saturated heterocycles. The van der Waals surface area contributed by atoms with Gasteiger partial charge in [0.1, 0.15) is 0 Å². The summed E-state index contributed by atoms with van der Waals surface area (Å²) in [6, 6.07) is 5.66. The second-order valence-corrected chi connectivity index (χ2v) is 10.5. The smallest absolute Gasteiger partial charge is 0.336 e. The predicted octanol–water partition coefficient (Wildman–Crippen LogP) is 10.9. The lowest BCUT2D eigenvalue weighted by atomic mass is 9.77. The van der Waals surface area contributed by atoms with Crippen LogP contribution in [0, 0.1) is 69.8 Å². The van der Waals surface area contributed by atoms with Crippen molar-refractivity contribution in [3.05, 3.63) is 142 Å². The molecule has 0 bridgehead atoms. The van der Waals surface area contributed by atoms with Gasteiger partial charge in [0.05, 0.1) is 5.56 Å². The van der Waals surface area contributed by atoms with Gasteiger partial charge in [-0.15, -0.1) is 0 Å². The highest BCUT2D eigenvalue weighted by Gasteiger charge is 2.30. The summed E-state index contributed by atoms with van der Waals surface area (Å²) in [5.74, 6) is -24.9. The molecule has 0 radical (unpaired) electrons. The van der Waals surface area contributed by atoms with E-state index >= 15 is 0 Å². The molecule has 0 heterocycles. The number of rotatable bonds is 5. The summed E-state index contributed by atoms with van der Waals surface area (Å²) in [5, 5.41) is 9.12. The van der Waals surface area contributed by atoms with Gasteiger partial charge in [0.15, 0.2) is 69.8 Å². The lowest BCUT2D eigenvalue weighted by Crippen LogP contribution is -2.05. The molecule has 0 saturated carbocycles. The number of carboxylic acid groups (broad SMARTS) is 1. The summed E-state index contributed by atoms with van der Waals surface area (Å²) in [4.78, 5) is 12.6. The van der Waals surface area contributed by atoms with Crippen LogP contribution in [0.5, 0.6) is 0 Å². The van der Waals surface area contributed by atoms with Gasteiger partial charge in [-0.1, -0.05) is 12.1 Å². The number of carbonyl (C=O) groups is 1. The Kier molecular flexibility index (Phi) is 8.13. The molecule has 49 heavy (non-hydrogen) atoms. The van der Waals surface area contributed by atoms with Crippen LogP contribution < -0.4 is 0 Å². The molecular formula is C35H12F12O2. The Bertz CT molecular complexity index is 2310. The minimum atomic E-state index is -2.04. The zero-order valence-electron chi connectivity index (χ0n) is 23.7. The molecule has 0 amide bonds. The molecule has 1 N–H and O–H groups in total. The molecule has 0 spiro atoms. The first-order chi connectivity index (χ1) is 23.1. The van der Waals surface area contributed by atoms with Crippen LogP contribution in [0.2, 0.25) is 0 Å². The van der Waals surface area contributed by atoms with Gasteiger partial charge in [-0.3, -0.25) is 0 Å². The van der Waals surface area contributed by atoms with Crippen molar-refractivity contribution in [3.8, 4) is 44.5 Å². The van der Waals surface area contributed by atoms with Crippen LogP contribution in [0.1, 0.15) is 10.4 Å². The van der Waals surface area contributed by atoms with Crippen LogP contribution in [-0.2, 0) is 0 Å². The van der Waals surface area contributed by atoms with Crippen LogP contribution in [-0.4, -0.2) is 11.1 Å².